The SMILES string of the molecule is Cn1nc(-c2cnc3c(n2)c(C(=O)NC(C)(C)C)cn3COCC[Si](C)(C)C)c2ccc(Cl)cc21.Cn1nc(-c2cnc3c(n2)c(C(=O)O)cn3COCC[Si](C)(C)C)c2ccc(Cl)cc21. The molecule has 6 aromatic heterocycles. The van der Waals surface area contributed by atoms with E-state index in [0.29, 0.717) is 80.7 Å². The molecule has 2 aromatic carbocycles. The highest BCUT2D eigenvalue weighted by atomic mass is 35.5. The van der Waals surface area contributed by atoms with Gasteiger partial charge in [0.05, 0.1) is 29.0 Å². The van der Waals surface area contributed by atoms with E-state index in [4.69, 9.17) is 42.6 Å². The van der Waals surface area contributed by atoms with Crippen molar-refractivity contribution in [3.63, 3.8) is 0 Å². The van der Waals surface area contributed by atoms with Crippen LogP contribution in [-0.4, -0.2) is 101 Å². The van der Waals surface area contributed by atoms with E-state index in [1.54, 1.807) is 38.6 Å². The molecule has 0 atom stereocenters. The molecule has 348 valence electrons. The molecule has 0 bridgehead atoms. The minimum Gasteiger partial charge on any atom is -0.478 e. The smallest absolute Gasteiger partial charge is 0.339 e. The summed E-state index contributed by atoms with van der Waals surface area (Å²) in [7, 11) is 1.28. The second kappa shape index (κ2) is 19.0. The van der Waals surface area contributed by atoms with Crippen molar-refractivity contribution in [1.82, 2.24) is 53.9 Å². The lowest BCUT2D eigenvalue weighted by Crippen LogP contribution is -2.40. The van der Waals surface area contributed by atoms with Crippen LogP contribution < -0.4 is 5.32 Å². The zero-order valence-electron chi connectivity index (χ0n) is 39.3. The second-order valence-electron chi connectivity index (χ2n) is 19.9. The molecular formula is C46H57Cl2N11O5Si2. The first-order chi connectivity index (χ1) is 31.0. The molecule has 0 aliphatic rings. The maximum absolute atomic E-state index is 13.2. The number of aromatic nitrogens is 10. The predicted octanol–water partition coefficient (Wildman–Crippen LogP) is 10.1. The molecule has 0 aliphatic carbocycles. The van der Waals surface area contributed by atoms with E-state index in [1.165, 1.54) is 6.20 Å². The summed E-state index contributed by atoms with van der Waals surface area (Å²) >= 11 is 12.3. The van der Waals surface area contributed by atoms with Gasteiger partial charge in [-0.25, -0.2) is 24.7 Å². The number of hydrogen-bond acceptors (Lipinski definition) is 10. The van der Waals surface area contributed by atoms with Gasteiger partial charge in [-0.05, 0) is 69.3 Å². The molecule has 6 heterocycles. The Kier molecular flexibility index (Phi) is 13.9. The summed E-state index contributed by atoms with van der Waals surface area (Å²) in [6.07, 6.45) is 6.62. The van der Waals surface area contributed by atoms with E-state index >= 15 is 0 Å². The lowest BCUT2D eigenvalue weighted by molar-refractivity contribution is 0.0695. The largest absolute Gasteiger partial charge is 0.478 e. The third-order valence-corrected chi connectivity index (χ3v) is 14.5. The average Bonchev–Trinajstić information content (AvgIpc) is 3.97. The first-order valence-electron chi connectivity index (χ1n) is 21.6. The van der Waals surface area contributed by atoms with Crippen molar-refractivity contribution in [3.8, 4) is 22.8 Å². The molecule has 0 saturated carbocycles. The van der Waals surface area contributed by atoms with Crippen LogP contribution in [0.1, 0.15) is 41.5 Å². The summed E-state index contributed by atoms with van der Waals surface area (Å²) in [4.78, 5) is 43.7. The highest BCUT2D eigenvalue weighted by Gasteiger charge is 2.25. The average molecular weight is 971 g/mol. The topological polar surface area (TPSA) is 182 Å². The summed E-state index contributed by atoms with van der Waals surface area (Å²) in [6, 6.07) is 13.2. The second-order valence-corrected chi connectivity index (χ2v) is 32.0. The normalized spacial score (nSPS) is 12.4. The highest BCUT2D eigenvalue weighted by molar-refractivity contribution is 6.76. The van der Waals surface area contributed by atoms with Gasteiger partial charge in [-0.1, -0.05) is 62.5 Å². The minimum atomic E-state index is -1.20. The molecular weight excluding hydrogens is 914 g/mol. The van der Waals surface area contributed by atoms with Crippen LogP contribution in [0.15, 0.2) is 61.2 Å². The number of carboxylic acid groups (broad SMARTS) is 1. The van der Waals surface area contributed by atoms with E-state index in [2.05, 4.69) is 64.8 Å². The Balaban J connectivity index is 0.000000198. The fraction of sp³-hybridized carbons (Fsp3) is 0.391. The van der Waals surface area contributed by atoms with Gasteiger partial charge in [0.1, 0.15) is 52.8 Å². The fourth-order valence-electron chi connectivity index (χ4n) is 7.18. The van der Waals surface area contributed by atoms with Crippen molar-refractivity contribution in [1.29, 1.82) is 0 Å². The molecule has 8 rings (SSSR count). The molecule has 0 fully saturated rings. The van der Waals surface area contributed by atoms with Gasteiger partial charge in [0.15, 0.2) is 11.3 Å². The van der Waals surface area contributed by atoms with Crippen molar-refractivity contribution in [3.05, 3.63) is 82.4 Å². The maximum Gasteiger partial charge on any atom is 0.339 e. The van der Waals surface area contributed by atoms with Crippen molar-refractivity contribution in [2.24, 2.45) is 14.1 Å². The molecule has 8 aromatic rings. The minimum absolute atomic E-state index is 0.0847. The number of halogens is 2. The van der Waals surface area contributed by atoms with Crippen LogP contribution in [-0.2, 0) is 37.0 Å². The van der Waals surface area contributed by atoms with Crippen molar-refractivity contribution in [2.45, 2.75) is 91.1 Å². The van der Waals surface area contributed by atoms with E-state index < -0.39 is 22.1 Å². The number of ether oxygens (including phenoxy) is 2. The lowest BCUT2D eigenvalue weighted by atomic mass is 10.1. The molecule has 0 radical (unpaired) electrons. The molecule has 0 aliphatic heterocycles. The van der Waals surface area contributed by atoms with Crippen molar-refractivity contribution < 1.29 is 24.2 Å². The molecule has 20 heteroatoms. The summed E-state index contributed by atoms with van der Waals surface area (Å²) in [5.74, 6) is -1.26. The lowest BCUT2D eigenvalue weighted by Gasteiger charge is -2.20. The van der Waals surface area contributed by atoms with Crippen LogP contribution in [0.3, 0.4) is 0 Å². The van der Waals surface area contributed by atoms with Gasteiger partial charge in [-0.3, -0.25) is 14.2 Å². The molecule has 66 heavy (non-hydrogen) atoms. The number of nitrogens with zero attached hydrogens (tertiary/aromatic N) is 10. The first kappa shape index (κ1) is 48.4. The van der Waals surface area contributed by atoms with Crippen molar-refractivity contribution in [2.75, 3.05) is 13.2 Å². The van der Waals surface area contributed by atoms with Crippen LogP contribution in [0.25, 0.3) is 66.9 Å². The number of amides is 1. The summed E-state index contributed by atoms with van der Waals surface area (Å²) in [6.45, 7) is 21.5. The van der Waals surface area contributed by atoms with Gasteiger partial charge in [0.2, 0.25) is 0 Å². The molecule has 16 nitrogen and oxygen atoms in total. The van der Waals surface area contributed by atoms with Gasteiger partial charge in [0.25, 0.3) is 5.91 Å². The number of nitrogens with one attached hydrogen (secondary N) is 1. The van der Waals surface area contributed by atoms with E-state index in [-0.39, 0.29) is 23.7 Å². The Labute approximate surface area is 395 Å². The molecule has 0 spiro atoms. The van der Waals surface area contributed by atoms with Crippen LogP contribution in [0.5, 0.6) is 0 Å². The quantitative estimate of drug-likeness (QED) is 0.0782. The Bertz CT molecular complexity index is 3100. The van der Waals surface area contributed by atoms with E-state index in [1.807, 2.05) is 69.8 Å². The number of aromatic carboxylic acids is 1. The Morgan fingerprint density at radius 3 is 1.53 bits per heavy atom. The van der Waals surface area contributed by atoms with Crippen molar-refractivity contribution >= 4 is 95.4 Å². The van der Waals surface area contributed by atoms with Crippen LogP contribution in [0, 0.1) is 0 Å². The molecule has 2 N–H and O–H groups in total. The van der Waals surface area contributed by atoms with Gasteiger partial charge in [-0.15, -0.1) is 0 Å². The van der Waals surface area contributed by atoms with Crippen LogP contribution in [0.4, 0.5) is 0 Å². The molecule has 0 saturated heterocycles. The maximum atomic E-state index is 13.2. The Hall–Kier alpha value is -5.51. The van der Waals surface area contributed by atoms with E-state index in [9.17, 15) is 14.7 Å². The first-order valence-corrected chi connectivity index (χ1v) is 29.8. The van der Waals surface area contributed by atoms with Crippen LogP contribution in [0.2, 0.25) is 61.4 Å². The summed E-state index contributed by atoms with van der Waals surface area (Å²) in [5, 5.41) is 25.0. The number of hydrogen-bond donors (Lipinski definition) is 2. The number of fused-ring (bicyclic) bond motifs is 4. The van der Waals surface area contributed by atoms with Gasteiger partial charge >= 0.3 is 5.97 Å². The zero-order valence-corrected chi connectivity index (χ0v) is 42.8. The molecule has 0 unspecified atom stereocenters. The number of benzene rings is 2. The standard InChI is InChI=1S/C25H33ClN6O2Si.C21H24ClN5O3Si/c1-25(2,3)29-24(33)18-14-32(15-34-10-11-35(5,6)7)23-22(18)28-19(13-27-23)21-17-9-8-16(26)12-20(17)31(4)30-21;1-26-17-9-13(22)5-6-14(17)18(25-26)16-10-23-20-19(24-16)15(21(28)29)11-27(20)12-30-7-8-31(2,3)4/h8-9,12-14H,10-11,15H2,1-7H3,(H,29,33);5-6,9-11H,7-8,12H2,1-4H3,(H,28,29). The van der Waals surface area contributed by atoms with Gasteiger partial charge < -0.3 is 29.0 Å². The monoisotopic (exact) mass is 969 g/mol. The Morgan fingerprint density at radius 2 is 1.12 bits per heavy atom. The number of rotatable bonds is 14. The highest BCUT2D eigenvalue weighted by Crippen LogP contribution is 2.32. The Morgan fingerprint density at radius 1 is 0.697 bits per heavy atom. The number of aryl methyl sites for hydroxylation is 2. The summed E-state index contributed by atoms with van der Waals surface area (Å²) < 4.78 is 18.8. The van der Waals surface area contributed by atoms with E-state index in [0.717, 1.165) is 33.9 Å². The third kappa shape index (κ3) is 11.2. The number of carbonyl (C=O) groups excluding carboxylic acids is 1. The van der Waals surface area contributed by atoms with Gasteiger partial charge in [-0.2, -0.15) is 10.2 Å². The van der Waals surface area contributed by atoms with Gasteiger partial charge in [0, 0.05) is 82.2 Å². The zero-order chi connectivity index (χ0) is 47.9. The van der Waals surface area contributed by atoms with Crippen LogP contribution >= 0.6 is 23.2 Å². The number of carboxylic acids is 1. The number of carbonyl (C=O) groups is 2. The third-order valence-electron chi connectivity index (χ3n) is 10.7. The summed E-state index contributed by atoms with van der Waals surface area (Å²) in [5.41, 5.74) is 6.22. The fourth-order valence-corrected chi connectivity index (χ4v) is 9.03. The molecule has 1 amide bonds. The predicted molar refractivity (Wildman–Crippen MR) is 267 cm³/mol.